The minimum atomic E-state index is -0.180. The second kappa shape index (κ2) is 4.72. The molecule has 1 aromatic rings. The van der Waals surface area contributed by atoms with E-state index in [1.54, 1.807) is 7.05 Å². The Labute approximate surface area is 85.7 Å². The first-order valence-electron chi connectivity index (χ1n) is 3.95. The van der Waals surface area contributed by atoms with Crippen LogP contribution in [0, 0.1) is 5.92 Å². The van der Waals surface area contributed by atoms with Crippen molar-refractivity contribution < 1.29 is 0 Å². The van der Waals surface area contributed by atoms with Crippen LogP contribution < -0.4 is 5.69 Å². The van der Waals surface area contributed by atoms with Gasteiger partial charge in [-0.25, -0.2) is 9.89 Å². The lowest BCUT2D eigenvalue weighted by Gasteiger charge is -2.04. The van der Waals surface area contributed by atoms with Crippen molar-refractivity contribution in [2.75, 3.05) is 11.6 Å². The van der Waals surface area contributed by atoms with E-state index in [0.717, 1.165) is 5.75 Å². The van der Waals surface area contributed by atoms with Gasteiger partial charge >= 0.3 is 5.69 Å². The highest BCUT2D eigenvalue weighted by Crippen LogP contribution is 2.16. The Morgan fingerprint density at radius 3 is 2.92 bits per heavy atom. The largest absolute Gasteiger partial charge is 0.343 e. The maximum Gasteiger partial charge on any atom is 0.343 e. The van der Waals surface area contributed by atoms with Crippen LogP contribution in [0.4, 0.5) is 0 Å². The van der Waals surface area contributed by atoms with Crippen LogP contribution >= 0.6 is 23.4 Å². The SMILES string of the molecule is CC(CCl)CSc1n[nH]c(=O)n1C. The Balaban J connectivity index is 2.55. The van der Waals surface area contributed by atoms with Gasteiger partial charge in [0.2, 0.25) is 0 Å². The first-order chi connectivity index (χ1) is 6.15. The number of nitrogens with one attached hydrogen (secondary N) is 1. The molecule has 1 rings (SSSR count). The molecule has 4 nitrogen and oxygen atoms in total. The maximum absolute atomic E-state index is 11.0. The molecule has 1 aromatic heterocycles. The molecule has 0 fully saturated rings. The molecular formula is C7H12ClN3OS. The Hall–Kier alpha value is -0.420. The van der Waals surface area contributed by atoms with Crippen LogP contribution in [0.25, 0.3) is 0 Å². The fraction of sp³-hybridized carbons (Fsp3) is 0.714. The number of hydrogen-bond acceptors (Lipinski definition) is 3. The minimum Gasteiger partial charge on any atom is -0.273 e. The predicted octanol–water partition coefficient (Wildman–Crippen LogP) is 1.08. The number of alkyl halides is 1. The first kappa shape index (κ1) is 10.7. The lowest BCUT2D eigenvalue weighted by Crippen LogP contribution is -2.13. The van der Waals surface area contributed by atoms with Crippen molar-refractivity contribution in [3.8, 4) is 0 Å². The molecule has 6 heteroatoms. The topological polar surface area (TPSA) is 50.7 Å². The average molecular weight is 222 g/mol. The van der Waals surface area contributed by atoms with E-state index in [-0.39, 0.29) is 5.69 Å². The van der Waals surface area contributed by atoms with Gasteiger partial charge < -0.3 is 0 Å². The quantitative estimate of drug-likeness (QED) is 0.612. The lowest BCUT2D eigenvalue weighted by molar-refractivity contribution is 0.739. The van der Waals surface area contributed by atoms with E-state index in [1.807, 2.05) is 0 Å². The van der Waals surface area contributed by atoms with Crippen molar-refractivity contribution in [1.29, 1.82) is 0 Å². The molecule has 1 N–H and O–H groups in total. The molecule has 0 aliphatic carbocycles. The molecule has 0 saturated heterocycles. The second-order valence-corrected chi connectivity index (χ2v) is 4.24. The van der Waals surface area contributed by atoms with Gasteiger partial charge in [-0.15, -0.1) is 16.7 Å². The number of thioether (sulfide) groups is 1. The number of aromatic amines is 1. The smallest absolute Gasteiger partial charge is 0.273 e. The number of H-pyrrole nitrogens is 1. The summed E-state index contributed by atoms with van der Waals surface area (Å²) in [6.07, 6.45) is 0. The average Bonchev–Trinajstić information content (AvgIpc) is 2.44. The van der Waals surface area contributed by atoms with Crippen LogP contribution in [0.1, 0.15) is 6.92 Å². The molecular weight excluding hydrogens is 210 g/mol. The van der Waals surface area contributed by atoms with Gasteiger partial charge in [-0.1, -0.05) is 18.7 Å². The van der Waals surface area contributed by atoms with E-state index >= 15 is 0 Å². The van der Waals surface area contributed by atoms with Crippen molar-refractivity contribution >= 4 is 23.4 Å². The molecule has 0 bridgehead atoms. The summed E-state index contributed by atoms with van der Waals surface area (Å²) in [7, 11) is 1.69. The van der Waals surface area contributed by atoms with Crippen molar-refractivity contribution in [3.05, 3.63) is 10.5 Å². The number of nitrogens with zero attached hydrogens (tertiary/aromatic N) is 2. The third-order valence-corrected chi connectivity index (χ3v) is 3.48. The molecule has 74 valence electrons. The van der Waals surface area contributed by atoms with E-state index in [1.165, 1.54) is 16.3 Å². The molecule has 13 heavy (non-hydrogen) atoms. The van der Waals surface area contributed by atoms with Crippen LogP contribution in [-0.4, -0.2) is 26.4 Å². The van der Waals surface area contributed by atoms with Gasteiger partial charge in [-0.2, -0.15) is 0 Å². The summed E-state index contributed by atoms with van der Waals surface area (Å²) in [4.78, 5) is 11.0. The molecule has 0 saturated carbocycles. The van der Waals surface area contributed by atoms with Crippen LogP contribution in [0.15, 0.2) is 9.95 Å². The molecule has 1 unspecified atom stereocenters. The molecule has 1 atom stereocenters. The van der Waals surface area contributed by atoms with Gasteiger partial charge in [0.15, 0.2) is 5.16 Å². The monoisotopic (exact) mass is 221 g/mol. The summed E-state index contributed by atoms with van der Waals surface area (Å²) in [5.41, 5.74) is -0.180. The summed E-state index contributed by atoms with van der Waals surface area (Å²) in [6.45, 7) is 2.06. The van der Waals surface area contributed by atoms with Crippen molar-refractivity contribution in [3.63, 3.8) is 0 Å². The summed E-state index contributed by atoms with van der Waals surface area (Å²) in [6, 6.07) is 0. The lowest BCUT2D eigenvalue weighted by atomic mass is 10.3. The van der Waals surface area contributed by atoms with Gasteiger partial charge in [0, 0.05) is 18.7 Å². The van der Waals surface area contributed by atoms with Gasteiger partial charge in [0.25, 0.3) is 0 Å². The molecule has 0 aliphatic heterocycles. The summed E-state index contributed by atoms with van der Waals surface area (Å²) in [5, 5.41) is 6.96. The zero-order valence-electron chi connectivity index (χ0n) is 7.58. The standard InChI is InChI=1S/C7H12ClN3OS/c1-5(3-8)4-13-7-10-9-6(12)11(7)2/h5H,3-4H2,1-2H3,(H,9,12). The predicted molar refractivity (Wildman–Crippen MR) is 54.4 cm³/mol. The third kappa shape index (κ3) is 2.77. The Morgan fingerprint density at radius 1 is 1.77 bits per heavy atom. The van der Waals surface area contributed by atoms with Crippen LogP contribution in [0.2, 0.25) is 0 Å². The van der Waals surface area contributed by atoms with Crippen molar-refractivity contribution in [1.82, 2.24) is 14.8 Å². The zero-order valence-corrected chi connectivity index (χ0v) is 9.15. The van der Waals surface area contributed by atoms with Gasteiger partial charge in [0.1, 0.15) is 0 Å². The van der Waals surface area contributed by atoms with E-state index < -0.39 is 0 Å². The molecule has 0 aliphatic rings. The van der Waals surface area contributed by atoms with E-state index in [4.69, 9.17) is 11.6 Å². The Kier molecular flexibility index (Phi) is 3.87. The molecule has 0 spiro atoms. The van der Waals surface area contributed by atoms with Crippen molar-refractivity contribution in [2.45, 2.75) is 12.1 Å². The minimum absolute atomic E-state index is 0.180. The summed E-state index contributed by atoms with van der Waals surface area (Å²) < 4.78 is 1.49. The van der Waals surface area contributed by atoms with E-state index in [0.29, 0.717) is 17.0 Å². The maximum atomic E-state index is 11.0. The second-order valence-electron chi connectivity index (χ2n) is 2.94. The number of aromatic nitrogens is 3. The van der Waals surface area contributed by atoms with Crippen molar-refractivity contribution in [2.24, 2.45) is 13.0 Å². The highest BCUT2D eigenvalue weighted by molar-refractivity contribution is 7.99. The fourth-order valence-corrected chi connectivity index (χ4v) is 1.90. The van der Waals surface area contributed by atoms with Gasteiger partial charge in [-0.3, -0.25) is 4.57 Å². The highest BCUT2D eigenvalue weighted by atomic mass is 35.5. The van der Waals surface area contributed by atoms with Gasteiger partial charge in [0.05, 0.1) is 0 Å². The number of rotatable bonds is 4. The molecule has 0 radical (unpaired) electrons. The number of halogens is 1. The first-order valence-corrected chi connectivity index (χ1v) is 5.47. The third-order valence-electron chi connectivity index (χ3n) is 1.60. The van der Waals surface area contributed by atoms with E-state index in [9.17, 15) is 4.79 Å². The summed E-state index contributed by atoms with van der Waals surface area (Å²) in [5.74, 6) is 1.94. The molecule has 0 amide bonds. The Bertz CT molecular complexity index is 322. The normalized spacial score (nSPS) is 13.2. The molecule has 1 heterocycles. The van der Waals surface area contributed by atoms with Crippen LogP contribution in [-0.2, 0) is 7.05 Å². The summed E-state index contributed by atoms with van der Waals surface area (Å²) >= 11 is 7.19. The molecule has 0 aromatic carbocycles. The van der Waals surface area contributed by atoms with Gasteiger partial charge in [-0.05, 0) is 5.92 Å². The van der Waals surface area contributed by atoms with Crippen LogP contribution in [0.3, 0.4) is 0 Å². The highest BCUT2D eigenvalue weighted by Gasteiger charge is 2.07. The number of hydrogen-bond donors (Lipinski definition) is 1. The fourth-order valence-electron chi connectivity index (χ4n) is 0.723. The zero-order chi connectivity index (χ0) is 9.84. The van der Waals surface area contributed by atoms with Crippen LogP contribution in [0.5, 0.6) is 0 Å². The van der Waals surface area contributed by atoms with E-state index in [2.05, 4.69) is 17.1 Å². The Morgan fingerprint density at radius 2 is 2.46 bits per heavy atom.